The molecular weight excluding hydrogens is 555 g/mol. The van der Waals surface area contributed by atoms with Crippen molar-refractivity contribution in [1.82, 2.24) is 10.6 Å². The van der Waals surface area contributed by atoms with Crippen LogP contribution in [0.15, 0.2) is 36.4 Å². The number of nitrogens with zero attached hydrogens (tertiary/aromatic N) is 1. The largest absolute Gasteiger partial charge is 0.430 e. The van der Waals surface area contributed by atoms with Crippen LogP contribution in [0, 0.1) is 28.4 Å². The number of aliphatic hydroxyl groups is 3. The zero-order valence-corrected chi connectivity index (χ0v) is 22.9. The van der Waals surface area contributed by atoms with E-state index in [9.17, 15) is 20.3 Å². The van der Waals surface area contributed by atoms with Crippen LogP contribution in [-0.4, -0.2) is 59.5 Å². The van der Waals surface area contributed by atoms with Gasteiger partial charge in [0.05, 0.1) is 29.7 Å². The maximum Gasteiger partial charge on any atom is 0.408 e. The number of rotatable bonds is 10. The molecule has 8 nitrogen and oxygen atoms in total. The Balaban J connectivity index is 2.18. The number of halogens is 4. The number of carbonyl (C=O) groups excluding carboxylic acids is 1. The smallest absolute Gasteiger partial charge is 0.408 e. The Kier molecular flexibility index (Phi) is 10.2. The van der Waals surface area contributed by atoms with Crippen LogP contribution in [0.1, 0.15) is 43.7 Å². The third kappa shape index (κ3) is 6.62. The summed E-state index contributed by atoms with van der Waals surface area (Å²) < 4.78 is 36.7. The lowest BCUT2D eigenvalue weighted by molar-refractivity contribution is 0.0674. The molecule has 2 aromatic rings. The molecule has 0 saturated carbocycles. The second kappa shape index (κ2) is 12.8. The van der Waals surface area contributed by atoms with E-state index < -0.39 is 59.5 Å². The minimum Gasteiger partial charge on any atom is -0.430 e. The molecule has 5 N–H and O–H groups in total. The predicted octanol–water partition coefficient (Wildman–Crippen LogP) is 3.99. The number of aliphatic hydroxyl groups excluding tert-OH is 3. The van der Waals surface area contributed by atoms with E-state index in [1.807, 2.05) is 0 Å². The van der Waals surface area contributed by atoms with Crippen LogP contribution in [0.2, 0.25) is 10.0 Å². The molecule has 0 spiro atoms. The summed E-state index contributed by atoms with van der Waals surface area (Å²) in [7, 11) is 0. The van der Waals surface area contributed by atoms with E-state index in [1.165, 1.54) is 30.3 Å². The topological polar surface area (TPSA) is 135 Å². The molecule has 1 saturated heterocycles. The molecule has 1 aliphatic rings. The first-order valence-electron chi connectivity index (χ1n) is 12.3. The summed E-state index contributed by atoms with van der Waals surface area (Å²) in [6.07, 6.45) is -3.18. The lowest BCUT2D eigenvalue weighted by Gasteiger charge is -2.37. The fourth-order valence-electron chi connectivity index (χ4n) is 4.97. The summed E-state index contributed by atoms with van der Waals surface area (Å²) >= 11 is 12.1. The molecule has 39 heavy (non-hydrogen) atoms. The summed E-state index contributed by atoms with van der Waals surface area (Å²) in [5.41, 5.74) is -2.78. The number of nitriles is 1. The van der Waals surface area contributed by atoms with Crippen LogP contribution in [-0.2, 0) is 10.2 Å². The van der Waals surface area contributed by atoms with Gasteiger partial charge in [-0.25, -0.2) is 13.6 Å². The van der Waals surface area contributed by atoms with E-state index in [0.717, 1.165) is 6.07 Å². The van der Waals surface area contributed by atoms with Gasteiger partial charge < -0.3 is 25.4 Å². The van der Waals surface area contributed by atoms with Gasteiger partial charge in [0.25, 0.3) is 0 Å². The highest BCUT2D eigenvalue weighted by molar-refractivity contribution is 6.31. The van der Waals surface area contributed by atoms with Gasteiger partial charge in [-0.3, -0.25) is 5.32 Å². The van der Waals surface area contributed by atoms with E-state index in [2.05, 4.69) is 16.7 Å². The van der Waals surface area contributed by atoms with E-state index >= 15 is 8.78 Å². The Morgan fingerprint density at radius 1 is 1.28 bits per heavy atom. The van der Waals surface area contributed by atoms with E-state index in [4.69, 9.17) is 33.0 Å². The number of amides is 1. The van der Waals surface area contributed by atoms with Crippen molar-refractivity contribution in [3.63, 3.8) is 0 Å². The number of ether oxygens (including phenoxy) is 1. The number of carbonyl (C=O) groups is 1. The summed E-state index contributed by atoms with van der Waals surface area (Å²) in [6, 6.07) is 9.25. The van der Waals surface area contributed by atoms with Gasteiger partial charge in [0.1, 0.15) is 17.0 Å². The minimum atomic E-state index is -1.84. The summed E-state index contributed by atoms with van der Waals surface area (Å²) in [5, 5.41) is 44.6. The Hall–Kier alpha value is -2.52. The maximum atomic E-state index is 15.6. The SMILES string of the molecule is CC(C)(CO)C[C@@H]1N[C@H](OC(=O)NCC[C@H](O)CO)[C@H](c2cccc(Cl)c2F)[C@@]1(C#N)c1ccc(Cl)cc1F. The monoisotopic (exact) mass is 585 g/mol. The minimum absolute atomic E-state index is 0.0420. The van der Waals surface area contributed by atoms with E-state index in [-0.39, 0.29) is 47.2 Å². The normalized spacial score (nSPS) is 23.7. The molecule has 0 unspecified atom stereocenters. The van der Waals surface area contributed by atoms with Crippen LogP contribution in [0.25, 0.3) is 0 Å². The van der Waals surface area contributed by atoms with Crippen molar-refractivity contribution in [1.29, 1.82) is 5.26 Å². The van der Waals surface area contributed by atoms with Crippen LogP contribution in [0.5, 0.6) is 0 Å². The quantitative estimate of drug-likeness (QED) is 0.284. The van der Waals surface area contributed by atoms with Gasteiger partial charge in [-0.15, -0.1) is 0 Å². The highest BCUT2D eigenvalue weighted by atomic mass is 35.5. The summed E-state index contributed by atoms with van der Waals surface area (Å²) in [5.74, 6) is -2.96. The number of nitrogens with one attached hydrogen (secondary N) is 2. The first kappa shape index (κ1) is 31.0. The summed E-state index contributed by atoms with van der Waals surface area (Å²) in [6.45, 7) is 2.69. The standard InChI is InChI=1S/C27H31Cl2F2N3O5/c1-26(2,14-36)11-21-27(13-32,18-7-6-15(28)10-20(18)30)22(17-4-3-5-19(29)23(17)31)24(34-21)39-25(38)33-9-8-16(37)12-35/h3-7,10,16,21-22,24,34-37H,8-9,11-12,14H2,1-2H3,(H,33,38)/t16-,21-,22-,24+,27-/m0/s1. The van der Waals surface area contributed by atoms with Crippen molar-refractivity contribution in [2.75, 3.05) is 19.8 Å². The fraction of sp³-hybridized carbons (Fsp3) is 0.481. The number of alkyl carbamates (subject to hydrolysis) is 1. The van der Waals surface area contributed by atoms with E-state index in [1.54, 1.807) is 13.8 Å². The van der Waals surface area contributed by atoms with Crippen LogP contribution in [0.4, 0.5) is 13.6 Å². The summed E-state index contributed by atoms with van der Waals surface area (Å²) in [4.78, 5) is 12.7. The average molecular weight is 586 g/mol. The van der Waals surface area contributed by atoms with Crippen molar-refractivity contribution in [2.45, 2.75) is 56.4 Å². The molecule has 2 aromatic carbocycles. The lowest BCUT2D eigenvalue weighted by atomic mass is 9.63. The van der Waals surface area contributed by atoms with Crippen LogP contribution < -0.4 is 10.6 Å². The Labute approximate surface area is 235 Å². The highest BCUT2D eigenvalue weighted by Gasteiger charge is 2.61. The molecule has 1 heterocycles. The van der Waals surface area contributed by atoms with Crippen LogP contribution >= 0.6 is 23.2 Å². The average Bonchev–Trinajstić information content (AvgIpc) is 3.17. The number of hydrogen-bond acceptors (Lipinski definition) is 7. The molecule has 1 fully saturated rings. The van der Waals surface area contributed by atoms with Gasteiger partial charge in [-0.2, -0.15) is 5.26 Å². The van der Waals surface area contributed by atoms with Crippen molar-refractivity contribution < 1.29 is 33.6 Å². The van der Waals surface area contributed by atoms with E-state index in [0.29, 0.717) is 0 Å². The van der Waals surface area contributed by atoms with Gasteiger partial charge in [-0.05, 0) is 42.0 Å². The lowest BCUT2D eigenvalue weighted by Crippen LogP contribution is -2.45. The molecule has 0 bridgehead atoms. The fourth-order valence-corrected chi connectivity index (χ4v) is 5.31. The van der Waals surface area contributed by atoms with Gasteiger partial charge in [0.2, 0.25) is 0 Å². The van der Waals surface area contributed by atoms with Gasteiger partial charge in [0, 0.05) is 29.8 Å². The molecular formula is C27H31Cl2F2N3O5. The molecule has 12 heteroatoms. The van der Waals surface area contributed by atoms with Crippen LogP contribution in [0.3, 0.4) is 0 Å². The molecule has 5 atom stereocenters. The highest BCUT2D eigenvalue weighted by Crippen LogP contribution is 2.52. The second-order valence-corrected chi connectivity index (χ2v) is 11.2. The van der Waals surface area contributed by atoms with Gasteiger partial charge >= 0.3 is 6.09 Å². The first-order valence-corrected chi connectivity index (χ1v) is 13.1. The predicted molar refractivity (Wildman–Crippen MR) is 141 cm³/mol. The van der Waals surface area contributed by atoms with Crippen molar-refractivity contribution in [3.8, 4) is 6.07 Å². The Morgan fingerprint density at radius 2 is 2.00 bits per heavy atom. The maximum absolute atomic E-state index is 15.6. The molecule has 1 aliphatic heterocycles. The number of hydrogen-bond donors (Lipinski definition) is 5. The first-order chi connectivity index (χ1) is 18.4. The van der Waals surface area contributed by atoms with Gasteiger partial charge in [0.15, 0.2) is 6.23 Å². The molecule has 0 aliphatic carbocycles. The van der Waals surface area contributed by atoms with Crippen molar-refractivity contribution in [2.24, 2.45) is 5.41 Å². The zero-order chi connectivity index (χ0) is 29.0. The van der Waals surface area contributed by atoms with Crippen molar-refractivity contribution in [3.05, 3.63) is 69.2 Å². The molecule has 212 valence electrons. The zero-order valence-electron chi connectivity index (χ0n) is 21.4. The van der Waals surface area contributed by atoms with Crippen molar-refractivity contribution >= 4 is 29.3 Å². The molecule has 0 radical (unpaired) electrons. The van der Waals surface area contributed by atoms with Gasteiger partial charge in [-0.1, -0.05) is 55.2 Å². The second-order valence-electron chi connectivity index (χ2n) is 10.3. The Morgan fingerprint density at radius 3 is 2.62 bits per heavy atom. The third-order valence-corrected chi connectivity index (χ3v) is 7.49. The third-order valence-electron chi connectivity index (χ3n) is 6.96. The molecule has 3 rings (SSSR count). The molecule has 0 aromatic heterocycles. The molecule has 1 amide bonds. The number of benzene rings is 2. The Bertz CT molecular complexity index is 1230.